The van der Waals surface area contributed by atoms with Gasteiger partial charge in [0.2, 0.25) is 0 Å². The molecule has 0 aliphatic heterocycles. The minimum Gasteiger partial charge on any atom is -0.373 e. The highest BCUT2D eigenvalue weighted by atomic mass is 35.5. The summed E-state index contributed by atoms with van der Waals surface area (Å²) in [7, 11) is 0. The van der Waals surface area contributed by atoms with Gasteiger partial charge in [-0.2, -0.15) is 0 Å². The number of ether oxygens (including phenoxy) is 1. The Morgan fingerprint density at radius 1 is 1.10 bits per heavy atom. The zero-order chi connectivity index (χ0) is 14.2. The largest absolute Gasteiger partial charge is 0.373 e. The van der Waals surface area contributed by atoms with Crippen molar-refractivity contribution < 1.29 is 9.53 Å². The summed E-state index contributed by atoms with van der Waals surface area (Å²) in [6.45, 7) is 0.680. The Labute approximate surface area is 123 Å². The summed E-state index contributed by atoms with van der Waals surface area (Å²) < 4.78 is 5.40. The van der Waals surface area contributed by atoms with Gasteiger partial charge in [-0.25, -0.2) is 0 Å². The Morgan fingerprint density at radius 3 is 2.50 bits per heavy atom. The Balaban J connectivity index is 1.66. The van der Waals surface area contributed by atoms with Crippen LogP contribution in [0.3, 0.4) is 0 Å². The average molecular weight is 290 g/mol. The highest BCUT2D eigenvalue weighted by Crippen LogP contribution is 2.10. The normalized spacial score (nSPS) is 10.4. The van der Waals surface area contributed by atoms with Crippen molar-refractivity contribution in [1.29, 1.82) is 0 Å². The maximum atomic E-state index is 11.8. The van der Waals surface area contributed by atoms with Crippen molar-refractivity contribution in [3.63, 3.8) is 0 Å². The summed E-state index contributed by atoms with van der Waals surface area (Å²) in [5.74, 6) is -0.0226. The maximum Gasteiger partial charge on any atom is 0.188 e. The summed E-state index contributed by atoms with van der Waals surface area (Å²) in [5, 5.41) is 0.625. The minimum absolute atomic E-state index is 0.0226. The fraction of sp³-hybridized carbons (Fsp3) is 0.250. The molecule has 0 spiro atoms. The number of ketones is 1. The molecule has 0 saturated carbocycles. The number of carbonyl (C=O) groups is 1. The molecule has 0 N–H and O–H groups in total. The predicted octanol–water partition coefficient (Wildman–Crippen LogP) is 3.57. The first-order valence-corrected chi connectivity index (χ1v) is 6.89. The molecule has 0 atom stereocenters. The highest BCUT2D eigenvalue weighted by Gasteiger charge is 2.05. The number of rotatable bonds is 7. The van der Waals surface area contributed by atoms with Crippen molar-refractivity contribution in [3.05, 3.63) is 64.9 Å². The third kappa shape index (κ3) is 4.76. The molecule has 0 aliphatic rings. The molecule has 2 aromatic rings. The van der Waals surface area contributed by atoms with E-state index in [1.54, 1.807) is 36.7 Å². The van der Waals surface area contributed by atoms with Crippen LogP contribution in [0.2, 0.25) is 5.02 Å². The number of aromatic nitrogens is 1. The predicted molar refractivity (Wildman–Crippen MR) is 79.2 cm³/mol. The summed E-state index contributed by atoms with van der Waals surface area (Å²) in [5.41, 5.74) is 1.86. The van der Waals surface area contributed by atoms with E-state index in [1.165, 1.54) is 5.56 Å². The van der Waals surface area contributed by atoms with Gasteiger partial charge in [-0.05, 0) is 54.8 Å². The van der Waals surface area contributed by atoms with Gasteiger partial charge in [0.1, 0.15) is 6.61 Å². The molecule has 3 nitrogen and oxygen atoms in total. The number of Topliss-reactive ketones (excluding diaryl/α,β-unsaturated/α-hetero) is 1. The fourth-order valence-corrected chi connectivity index (χ4v) is 1.94. The van der Waals surface area contributed by atoms with E-state index in [2.05, 4.69) is 4.98 Å². The molecule has 0 unspecified atom stereocenters. The molecule has 20 heavy (non-hydrogen) atoms. The van der Waals surface area contributed by atoms with Gasteiger partial charge in [-0.1, -0.05) is 11.6 Å². The molecule has 1 aromatic heterocycles. The van der Waals surface area contributed by atoms with Gasteiger partial charge in [0.25, 0.3) is 0 Å². The molecule has 0 aliphatic carbocycles. The Morgan fingerprint density at radius 2 is 1.80 bits per heavy atom. The van der Waals surface area contributed by atoms with E-state index in [-0.39, 0.29) is 12.4 Å². The number of hydrogen-bond acceptors (Lipinski definition) is 3. The Hall–Kier alpha value is -1.71. The van der Waals surface area contributed by atoms with Crippen molar-refractivity contribution >= 4 is 17.4 Å². The smallest absolute Gasteiger partial charge is 0.188 e. The highest BCUT2D eigenvalue weighted by molar-refractivity contribution is 6.30. The van der Waals surface area contributed by atoms with Crippen molar-refractivity contribution in [2.24, 2.45) is 0 Å². The van der Waals surface area contributed by atoms with Crippen LogP contribution >= 0.6 is 11.6 Å². The van der Waals surface area contributed by atoms with Crippen molar-refractivity contribution in [2.75, 3.05) is 13.2 Å². The van der Waals surface area contributed by atoms with Crippen LogP contribution < -0.4 is 0 Å². The number of aryl methyl sites for hydroxylation is 1. The SMILES string of the molecule is O=C(COCCCc1ccncc1)c1ccc(Cl)cc1. The number of nitrogens with zero attached hydrogens (tertiary/aromatic N) is 1. The minimum atomic E-state index is -0.0226. The lowest BCUT2D eigenvalue weighted by atomic mass is 10.1. The van der Waals surface area contributed by atoms with Gasteiger partial charge in [0.05, 0.1) is 0 Å². The Kier molecular flexibility index (Phi) is 5.71. The van der Waals surface area contributed by atoms with Gasteiger partial charge < -0.3 is 4.74 Å². The van der Waals surface area contributed by atoms with Crippen LogP contribution in [0.15, 0.2) is 48.8 Å². The van der Waals surface area contributed by atoms with Crippen LogP contribution in [0.5, 0.6) is 0 Å². The second-order valence-electron chi connectivity index (χ2n) is 4.44. The summed E-state index contributed by atoms with van der Waals surface area (Å²) >= 11 is 5.77. The van der Waals surface area contributed by atoms with Crippen molar-refractivity contribution in [3.8, 4) is 0 Å². The molecule has 0 radical (unpaired) electrons. The average Bonchev–Trinajstić information content (AvgIpc) is 2.48. The number of benzene rings is 1. The number of hydrogen-bond donors (Lipinski definition) is 0. The maximum absolute atomic E-state index is 11.8. The lowest BCUT2D eigenvalue weighted by Crippen LogP contribution is -2.10. The molecule has 0 amide bonds. The summed E-state index contributed by atoms with van der Waals surface area (Å²) in [4.78, 5) is 15.8. The third-order valence-electron chi connectivity index (χ3n) is 2.90. The molecule has 2 rings (SSSR count). The van der Waals surface area contributed by atoms with Gasteiger partial charge in [-0.15, -0.1) is 0 Å². The zero-order valence-electron chi connectivity index (χ0n) is 11.1. The molecule has 4 heteroatoms. The van der Waals surface area contributed by atoms with E-state index in [0.29, 0.717) is 17.2 Å². The zero-order valence-corrected chi connectivity index (χ0v) is 11.8. The van der Waals surface area contributed by atoms with E-state index < -0.39 is 0 Å². The third-order valence-corrected chi connectivity index (χ3v) is 3.15. The summed E-state index contributed by atoms with van der Waals surface area (Å²) in [6.07, 6.45) is 5.37. The van der Waals surface area contributed by atoms with E-state index in [1.807, 2.05) is 12.1 Å². The van der Waals surface area contributed by atoms with Crippen LogP contribution in [-0.4, -0.2) is 24.0 Å². The number of carbonyl (C=O) groups excluding carboxylic acids is 1. The van der Waals surface area contributed by atoms with Gasteiger partial charge in [0, 0.05) is 29.6 Å². The first kappa shape index (κ1) is 14.7. The second kappa shape index (κ2) is 7.78. The molecule has 0 fully saturated rings. The molecule has 1 heterocycles. The van der Waals surface area contributed by atoms with Crippen LogP contribution in [0.1, 0.15) is 22.3 Å². The van der Waals surface area contributed by atoms with Crippen LogP contribution in [-0.2, 0) is 11.2 Å². The quantitative estimate of drug-likeness (QED) is 0.578. The van der Waals surface area contributed by atoms with Gasteiger partial charge in [0.15, 0.2) is 5.78 Å². The Bertz CT molecular complexity index is 540. The lowest BCUT2D eigenvalue weighted by Gasteiger charge is -2.04. The molecule has 0 saturated heterocycles. The molecule has 104 valence electrons. The van der Waals surface area contributed by atoms with E-state index in [0.717, 1.165) is 12.8 Å². The fourth-order valence-electron chi connectivity index (χ4n) is 1.81. The lowest BCUT2D eigenvalue weighted by molar-refractivity contribution is 0.0756. The monoisotopic (exact) mass is 289 g/mol. The van der Waals surface area contributed by atoms with E-state index in [4.69, 9.17) is 16.3 Å². The van der Waals surface area contributed by atoms with Crippen LogP contribution in [0, 0.1) is 0 Å². The number of pyridine rings is 1. The van der Waals surface area contributed by atoms with Crippen LogP contribution in [0.4, 0.5) is 0 Å². The van der Waals surface area contributed by atoms with E-state index >= 15 is 0 Å². The molecule has 1 aromatic carbocycles. The van der Waals surface area contributed by atoms with E-state index in [9.17, 15) is 4.79 Å². The van der Waals surface area contributed by atoms with Gasteiger partial charge in [-0.3, -0.25) is 9.78 Å². The molecular weight excluding hydrogens is 274 g/mol. The van der Waals surface area contributed by atoms with Crippen molar-refractivity contribution in [1.82, 2.24) is 4.98 Å². The first-order valence-electron chi connectivity index (χ1n) is 6.51. The topological polar surface area (TPSA) is 39.2 Å². The number of halogens is 1. The van der Waals surface area contributed by atoms with Crippen LogP contribution in [0.25, 0.3) is 0 Å². The standard InChI is InChI=1S/C16H16ClNO2/c17-15-5-3-14(4-6-15)16(19)12-20-11-1-2-13-7-9-18-10-8-13/h3-10H,1-2,11-12H2. The van der Waals surface area contributed by atoms with Gasteiger partial charge >= 0.3 is 0 Å². The molecule has 0 bridgehead atoms. The summed E-state index contributed by atoms with van der Waals surface area (Å²) in [6, 6.07) is 10.8. The van der Waals surface area contributed by atoms with Crippen molar-refractivity contribution in [2.45, 2.75) is 12.8 Å². The molecular formula is C16H16ClNO2. The first-order chi connectivity index (χ1) is 9.75. The second-order valence-corrected chi connectivity index (χ2v) is 4.88.